The zero-order valence-corrected chi connectivity index (χ0v) is 7.86. The molecule has 0 bridgehead atoms. The third kappa shape index (κ3) is 2.76. The quantitative estimate of drug-likeness (QED) is 0.576. The van der Waals surface area contributed by atoms with Crippen molar-refractivity contribution in [3.63, 3.8) is 0 Å². The van der Waals surface area contributed by atoms with Crippen molar-refractivity contribution in [1.29, 1.82) is 0 Å². The monoisotopic (exact) mass is 169 g/mol. The van der Waals surface area contributed by atoms with Crippen LogP contribution in [-0.2, 0) is 0 Å². The molecule has 0 aromatic heterocycles. The minimum absolute atomic E-state index is 0.834. The summed E-state index contributed by atoms with van der Waals surface area (Å²) in [6.45, 7) is 3.21. The molecule has 1 fully saturated rings. The summed E-state index contributed by atoms with van der Waals surface area (Å²) in [5.41, 5.74) is 0. The molecule has 1 nitrogen and oxygen atoms in total. The van der Waals surface area contributed by atoms with Crippen molar-refractivity contribution in [1.82, 2.24) is 4.90 Å². The second-order valence-corrected chi connectivity index (χ2v) is 4.05. The molecule has 11 heavy (non-hydrogen) atoms. The van der Waals surface area contributed by atoms with Gasteiger partial charge in [-0.25, -0.2) is 0 Å². The van der Waals surface area contributed by atoms with E-state index in [1.54, 1.807) is 0 Å². The van der Waals surface area contributed by atoms with E-state index in [-0.39, 0.29) is 0 Å². The average Bonchev–Trinajstić information content (AvgIpc) is 2.07. The van der Waals surface area contributed by atoms with Gasteiger partial charge in [-0.3, -0.25) is 4.90 Å². The van der Waals surface area contributed by atoms with Gasteiger partial charge >= 0.3 is 0 Å². The number of hydrogen-bond donors (Lipinski definition) is 0. The first-order chi connectivity index (χ1) is 5.36. The van der Waals surface area contributed by atoms with E-state index in [1.807, 2.05) is 11.8 Å². The van der Waals surface area contributed by atoms with Crippen molar-refractivity contribution in [2.24, 2.45) is 0 Å². The first kappa shape index (κ1) is 8.96. The van der Waals surface area contributed by atoms with Gasteiger partial charge in [0.2, 0.25) is 0 Å². The van der Waals surface area contributed by atoms with E-state index in [1.165, 1.54) is 25.9 Å². The van der Waals surface area contributed by atoms with Gasteiger partial charge in [0.1, 0.15) is 0 Å². The van der Waals surface area contributed by atoms with Crippen molar-refractivity contribution in [2.45, 2.75) is 18.1 Å². The number of nitrogens with zero attached hydrogens (tertiary/aromatic N) is 1. The topological polar surface area (TPSA) is 3.24 Å². The fraction of sp³-hybridized carbons (Fsp3) is 0.778. The summed E-state index contributed by atoms with van der Waals surface area (Å²) in [6.07, 6.45) is 10.0. The van der Waals surface area contributed by atoms with Crippen LogP contribution in [0.4, 0.5) is 0 Å². The molecule has 0 N–H and O–H groups in total. The number of likely N-dealkylation sites (tertiary alicyclic amines) is 1. The van der Waals surface area contributed by atoms with Crippen LogP contribution >= 0.6 is 11.8 Å². The predicted octanol–water partition coefficient (Wildman–Crippen LogP) is 1.45. The Labute approximate surface area is 73.5 Å². The fourth-order valence-corrected chi connectivity index (χ4v) is 2.11. The Hall–Kier alpha value is -0.130. The van der Waals surface area contributed by atoms with Gasteiger partial charge in [-0.1, -0.05) is 5.92 Å². The van der Waals surface area contributed by atoms with Crippen LogP contribution in [0, 0.1) is 12.3 Å². The summed E-state index contributed by atoms with van der Waals surface area (Å²) in [4.78, 5) is 2.35. The predicted molar refractivity (Wildman–Crippen MR) is 51.8 cm³/mol. The highest BCUT2D eigenvalue weighted by Crippen LogP contribution is 2.20. The first-order valence-corrected chi connectivity index (χ1v) is 5.34. The molecule has 0 spiro atoms. The number of rotatable bonds is 2. The largest absolute Gasteiger partial charge is 0.292 e. The molecule has 1 rings (SSSR count). The van der Waals surface area contributed by atoms with Crippen LogP contribution in [0.1, 0.15) is 12.8 Å². The maximum atomic E-state index is 5.23. The summed E-state index contributed by atoms with van der Waals surface area (Å²) in [5.74, 6) is 2.69. The van der Waals surface area contributed by atoms with Gasteiger partial charge in [-0.05, 0) is 19.1 Å². The lowest BCUT2D eigenvalue weighted by Crippen LogP contribution is -2.34. The lowest BCUT2D eigenvalue weighted by Gasteiger charge is -2.29. The fourth-order valence-electron chi connectivity index (χ4n) is 1.43. The van der Waals surface area contributed by atoms with Crippen molar-refractivity contribution >= 4 is 11.8 Å². The molecule has 1 aliphatic rings. The van der Waals surface area contributed by atoms with E-state index in [0.717, 1.165) is 11.8 Å². The standard InChI is InChI=1S/C9H15NS/c1-3-6-10-7-4-9(11-2)5-8-10/h1,9H,4-8H2,2H3. The van der Waals surface area contributed by atoms with Gasteiger partial charge in [-0.2, -0.15) is 11.8 Å². The Morgan fingerprint density at radius 3 is 2.64 bits per heavy atom. The molecule has 1 aliphatic heterocycles. The highest BCUT2D eigenvalue weighted by atomic mass is 32.2. The second kappa shape index (κ2) is 4.69. The summed E-state index contributed by atoms with van der Waals surface area (Å²) >= 11 is 1.99. The zero-order chi connectivity index (χ0) is 8.10. The molecule has 0 aromatic carbocycles. The highest BCUT2D eigenvalue weighted by molar-refractivity contribution is 7.99. The lowest BCUT2D eigenvalue weighted by atomic mass is 10.1. The number of thioether (sulfide) groups is 1. The molecule has 2 heteroatoms. The smallest absolute Gasteiger partial charge is 0.0598 e. The van der Waals surface area contributed by atoms with Crippen LogP contribution in [0.2, 0.25) is 0 Å². The third-order valence-electron chi connectivity index (χ3n) is 2.18. The normalized spacial score (nSPS) is 21.5. The minimum atomic E-state index is 0.834. The van der Waals surface area contributed by atoms with E-state index >= 15 is 0 Å². The molecule has 0 aliphatic carbocycles. The van der Waals surface area contributed by atoms with Gasteiger partial charge in [0.25, 0.3) is 0 Å². The van der Waals surface area contributed by atoms with Gasteiger partial charge in [0, 0.05) is 18.3 Å². The molecule has 0 radical (unpaired) electrons. The van der Waals surface area contributed by atoms with E-state index in [9.17, 15) is 0 Å². The van der Waals surface area contributed by atoms with E-state index < -0.39 is 0 Å². The SMILES string of the molecule is C#CCN1CCC(SC)CC1. The Morgan fingerprint density at radius 1 is 1.55 bits per heavy atom. The van der Waals surface area contributed by atoms with Crippen LogP contribution in [0.3, 0.4) is 0 Å². The van der Waals surface area contributed by atoms with Crippen molar-refractivity contribution in [3.05, 3.63) is 0 Å². The van der Waals surface area contributed by atoms with E-state index in [4.69, 9.17) is 6.42 Å². The minimum Gasteiger partial charge on any atom is -0.292 e. The molecule has 62 valence electrons. The molecule has 1 saturated heterocycles. The summed E-state index contributed by atoms with van der Waals surface area (Å²) in [5, 5.41) is 0.879. The third-order valence-corrected chi connectivity index (χ3v) is 3.32. The number of piperidine rings is 1. The van der Waals surface area contributed by atoms with Crippen LogP contribution in [-0.4, -0.2) is 36.0 Å². The second-order valence-electron chi connectivity index (χ2n) is 2.92. The van der Waals surface area contributed by atoms with Gasteiger partial charge in [0.15, 0.2) is 0 Å². The summed E-state index contributed by atoms with van der Waals surface area (Å²) in [6, 6.07) is 0. The summed E-state index contributed by atoms with van der Waals surface area (Å²) in [7, 11) is 0. The summed E-state index contributed by atoms with van der Waals surface area (Å²) < 4.78 is 0. The molecule has 1 heterocycles. The van der Waals surface area contributed by atoms with Crippen molar-refractivity contribution < 1.29 is 0 Å². The maximum Gasteiger partial charge on any atom is 0.0598 e. The van der Waals surface area contributed by atoms with Gasteiger partial charge in [0.05, 0.1) is 6.54 Å². The molecule has 0 amide bonds. The maximum absolute atomic E-state index is 5.23. The first-order valence-electron chi connectivity index (χ1n) is 4.05. The van der Waals surface area contributed by atoms with E-state index in [0.29, 0.717) is 0 Å². The van der Waals surface area contributed by atoms with Gasteiger partial charge < -0.3 is 0 Å². The Kier molecular flexibility index (Phi) is 3.82. The Bertz CT molecular complexity index is 142. The zero-order valence-electron chi connectivity index (χ0n) is 7.05. The molecular weight excluding hydrogens is 154 g/mol. The molecule has 0 saturated carbocycles. The Balaban J connectivity index is 2.20. The average molecular weight is 169 g/mol. The van der Waals surface area contributed by atoms with Gasteiger partial charge in [-0.15, -0.1) is 6.42 Å². The van der Waals surface area contributed by atoms with Crippen LogP contribution in [0.25, 0.3) is 0 Å². The van der Waals surface area contributed by atoms with E-state index in [2.05, 4.69) is 17.1 Å². The van der Waals surface area contributed by atoms with Crippen LogP contribution < -0.4 is 0 Å². The number of terminal acetylenes is 1. The number of hydrogen-bond acceptors (Lipinski definition) is 2. The molecule has 0 aromatic rings. The van der Waals surface area contributed by atoms with Crippen LogP contribution in [0.15, 0.2) is 0 Å². The molecular formula is C9H15NS. The van der Waals surface area contributed by atoms with Crippen LogP contribution in [0.5, 0.6) is 0 Å². The molecule has 0 atom stereocenters. The van der Waals surface area contributed by atoms with Crippen molar-refractivity contribution in [3.8, 4) is 12.3 Å². The molecule has 0 unspecified atom stereocenters. The lowest BCUT2D eigenvalue weighted by molar-refractivity contribution is 0.260. The highest BCUT2D eigenvalue weighted by Gasteiger charge is 2.16. The van der Waals surface area contributed by atoms with Crippen molar-refractivity contribution in [2.75, 3.05) is 25.9 Å². The Morgan fingerprint density at radius 2 is 2.18 bits per heavy atom.